The van der Waals surface area contributed by atoms with Crippen molar-refractivity contribution in [3.8, 4) is 16.9 Å². The third-order valence-corrected chi connectivity index (χ3v) is 4.62. The Labute approximate surface area is 159 Å². The van der Waals surface area contributed by atoms with Gasteiger partial charge in [0, 0.05) is 5.56 Å². The van der Waals surface area contributed by atoms with Crippen LogP contribution in [0.1, 0.15) is 38.8 Å². The summed E-state index contributed by atoms with van der Waals surface area (Å²) in [4.78, 5) is 9.18. The van der Waals surface area contributed by atoms with Gasteiger partial charge in [-0.15, -0.1) is 0 Å². The van der Waals surface area contributed by atoms with E-state index in [4.69, 9.17) is 9.47 Å². The van der Waals surface area contributed by atoms with E-state index in [0.29, 0.717) is 30.6 Å². The predicted molar refractivity (Wildman–Crippen MR) is 107 cm³/mol. The molecule has 0 spiro atoms. The molecule has 140 valence electrons. The van der Waals surface area contributed by atoms with Crippen LogP contribution in [0, 0.1) is 0 Å². The fourth-order valence-electron chi connectivity index (χ4n) is 3.15. The summed E-state index contributed by atoms with van der Waals surface area (Å²) >= 11 is 0. The molecule has 0 bridgehead atoms. The quantitative estimate of drug-likeness (QED) is 0.889. The molecule has 1 N–H and O–H groups in total. The van der Waals surface area contributed by atoms with E-state index >= 15 is 0 Å². The van der Waals surface area contributed by atoms with Gasteiger partial charge in [0.05, 0.1) is 16.6 Å². The molecule has 2 aliphatic rings. The zero-order valence-corrected chi connectivity index (χ0v) is 16.1. The predicted octanol–water partition coefficient (Wildman–Crippen LogP) is 4.17. The maximum absolute atomic E-state index is 10.3. The number of hydrogen-bond donors (Lipinski definition) is 1. The third kappa shape index (κ3) is 3.54. The first kappa shape index (κ1) is 17.6. The highest BCUT2D eigenvalue weighted by Gasteiger charge is 2.29. The number of benzene rings is 2. The number of aromatic hydroxyl groups is 1. The number of phenolic OH excluding ortho intramolecular Hbond substituents is 1. The van der Waals surface area contributed by atoms with Gasteiger partial charge in [-0.3, -0.25) is 0 Å². The standard InChI is InChI=1S/C22H24N2O3/c1-21(2)12-26-19(23-21)15-7-5-14(6-8-15)16-9-10-18(25)17(11-16)20-24-22(3,4)13-27-20/h5-11,25H,12-13H2,1-4H3. The molecule has 0 saturated heterocycles. The molecule has 0 unspecified atom stereocenters. The molecule has 0 atom stereocenters. The average molecular weight is 364 g/mol. The van der Waals surface area contributed by atoms with Crippen molar-refractivity contribution in [3.63, 3.8) is 0 Å². The van der Waals surface area contributed by atoms with Crippen molar-refractivity contribution < 1.29 is 14.6 Å². The third-order valence-electron chi connectivity index (χ3n) is 4.62. The minimum Gasteiger partial charge on any atom is -0.507 e. The summed E-state index contributed by atoms with van der Waals surface area (Å²) in [6.07, 6.45) is 0. The van der Waals surface area contributed by atoms with Crippen LogP contribution in [-0.2, 0) is 9.47 Å². The first-order valence-electron chi connectivity index (χ1n) is 9.12. The maximum atomic E-state index is 10.3. The molecule has 0 amide bonds. The first-order chi connectivity index (χ1) is 12.7. The number of phenols is 1. The summed E-state index contributed by atoms with van der Waals surface area (Å²) in [6.45, 7) is 9.25. The van der Waals surface area contributed by atoms with Gasteiger partial charge < -0.3 is 14.6 Å². The molecule has 2 heterocycles. The van der Waals surface area contributed by atoms with E-state index in [1.165, 1.54) is 0 Å². The highest BCUT2D eigenvalue weighted by molar-refractivity contribution is 5.99. The van der Waals surface area contributed by atoms with Gasteiger partial charge in [0.1, 0.15) is 19.0 Å². The van der Waals surface area contributed by atoms with Crippen molar-refractivity contribution in [3.05, 3.63) is 53.6 Å². The fourth-order valence-corrected chi connectivity index (χ4v) is 3.15. The normalized spacial score (nSPS) is 19.9. The number of rotatable bonds is 3. The molecule has 0 fully saturated rings. The van der Waals surface area contributed by atoms with Crippen LogP contribution in [0.4, 0.5) is 0 Å². The Morgan fingerprint density at radius 3 is 1.81 bits per heavy atom. The van der Waals surface area contributed by atoms with Gasteiger partial charge in [-0.1, -0.05) is 18.2 Å². The topological polar surface area (TPSA) is 63.4 Å². The molecular formula is C22H24N2O3. The van der Waals surface area contributed by atoms with E-state index in [-0.39, 0.29) is 16.8 Å². The molecule has 0 aliphatic carbocycles. The minimum absolute atomic E-state index is 0.169. The Kier molecular flexibility index (Phi) is 3.98. The second-order valence-corrected chi connectivity index (χ2v) is 8.35. The highest BCUT2D eigenvalue weighted by atomic mass is 16.5. The first-order valence-corrected chi connectivity index (χ1v) is 9.12. The van der Waals surface area contributed by atoms with Crippen molar-refractivity contribution in [2.75, 3.05) is 13.2 Å². The summed E-state index contributed by atoms with van der Waals surface area (Å²) in [5.41, 5.74) is 3.17. The van der Waals surface area contributed by atoms with E-state index in [1.807, 2.05) is 50.2 Å². The van der Waals surface area contributed by atoms with Crippen LogP contribution in [0.15, 0.2) is 52.4 Å². The lowest BCUT2D eigenvalue weighted by Crippen LogP contribution is -2.17. The highest BCUT2D eigenvalue weighted by Crippen LogP contribution is 2.30. The Balaban J connectivity index is 1.64. The SMILES string of the molecule is CC1(C)COC(c2ccc(-c3ccc(O)c(C4=NC(C)(C)CO4)c3)cc2)=N1. The van der Waals surface area contributed by atoms with Crippen LogP contribution in [0.2, 0.25) is 0 Å². The van der Waals surface area contributed by atoms with Gasteiger partial charge >= 0.3 is 0 Å². The number of nitrogens with zero attached hydrogens (tertiary/aromatic N) is 2. The maximum Gasteiger partial charge on any atom is 0.220 e. The molecule has 0 saturated carbocycles. The summed E-state index contributed by atoms with van der Waals surface area (Å²) in [5, 5.41) is 10.3. The Morgan fingerprint density at radius 2 is 1.26 bits per heavy atom. The smallest absolute Gasteiger partial charge is 0.220 e. The molecule has 4 rings (SSSR count). The van der Waals surface area contributed by atoms with E-state index in [1.54, 1.807) is 6.07 Å². The van der Waals surface area contributed by atoms with Crippen LogP contribution in [0.5, 0.6) is 5.75 Å². The van der Waals surface area contributed by atoms with Crippen molar-refractivity contribution in [1.82, 2.24) is 0 Å². The molecule has 5 nitrogen and oxygen atoms in total. The lowest BCUT2D eigenvalue weighted by molar-refractivity contribution is 0.279. The number of ether oxygens (including phenoxy) is 2. The Hall–Kier alpha value is -2.82. The van der Waals surface area contributed by atoms with Crippen molar-refractivity contribution in [2.45, 2.75) is 38.8 Å². The van der Waals surface area contributed by atoms with Crippen LogP contribution in [0.25, 0.3) is 11.1 Å². The van der Waals surface area contributed by atoms with Crippen molar-refractivity contribution >= 4 is 11.8 Å². The molecule has 27 heavy (non-hydrogen) atoms. The summed E-state index contributed by atoms with van der Waals surface area (Å²) in [6, 6.07) is 13.6. The molecule has 0 radical (unpaired) electrons. The van der Waals surface area contributed by atoms with Crippen molar-refractivity contribution in [2.24, 2.45) is 9.98 Å². The van der Waals surface area contributed by atoms with Crippen LogP contribution < -0.4 is 0 Å². The summed E-state index contributed by atoms with van der Waals surface area (Å²) < 4.78 is 11.4. The lowest BCUT2D eigenvalue weighted by atomic mass is 10.0. The monoisotopic (exact) mass is 364 g/mol. The second-order valence-electron chi connectivity index (χ2n) is 8.35. The largest absolute Gasteiger partial charge is 0.507 e. The van der Waals surface area contributed by atoms with Crippen LogP contribution in [0.3, 0.4) is 0 Å². The molecule has 2 aliphatic heterocycles. The van der Waals surface area contributed by atoms with Gasteiger partial charge in [0.25, 0.3) is 0 Å². The van der Waals surface area contributed by atoms with Crippen LogP contribution >= 0.6 is 0 Å². The number of aliphatic imine (C=N–C) groups is 2. The molecule has 2 aromatic carbocycles. The average Bonchev–Trinajstić information content (AvgIpc) is 3.17. The summed E-state index contributed by atoms with van der Waals surface area (Å²) in [5.74, 6) is 1.35. The van der Waals surface area contributed by atoms with Gasteiger partial charge in [0.15, 0.2) is 0 Å². The molecule has 5 heteroatoms. The van der Waals surface area contributed by atoms with Gasteiger partial charge in [-0.05, 0) is 63.1 Å². The second kappa shape index (κ2) is 6.12. The fraction of sp³-hybridized carbons (Fsp3) is 0.364. The zero-order valence-electron chi connectivity index (χ0n) is 16.1. The van der Waals surface area contributed by atoms with Crippen LogP contribution in [-0.4, -0.2) is 41.2 Å². The molecule has 2 aromatic rings. The zero-order chi connectivity index (χ0) is 19.2. The van der Waals surface area contributed by atoms with Gasteiger partial charge in [-0.25, -0.2) is 9.98 Å². The Morgan fingerprint density at radius 1 is 0.741 bits per heavy atom. The van der Waals surface area contributed by atoms with E-state index in [2.05, 4.69) is 23.8 Å². The summed E-state index contributed by atoms with van der Waals surface area (Å²) in [7, 11) is 0. The molecule has 0 aromatic heterocycles. The van der Waals surface area contributed by atoms with Crippen molar-refractivity contribution in [1.29, 1.82) is 0 Å². The number of hydrogen-bond acceptors (Lipinski definition) is 5. The van der Waals surface area contributed by atoms with E-state index in [0.717, 1.165) is 16.7 Å². The molecular weight excluding hydrogens is 340 g/mol. The van der Waals surface area contributed by atoms with E-state index < -0.39 is 0 Å². The van der Waals surface area contributed by atoms with Gasteiger partial charge in [0.2, 0.25) is 11.8 Å². The van der Waals surface area contributed by atoms with E-state index in [9.17, 15) is 5.11 Å². The lowest BCUT2D eigenvalue weighted by Gasteiger charge is -2.09. The minimum atomic E-state index is -0.269. The van der Waals surface area contributed by atoms with Gasteiger partial charge in [-0.2, -0.15) is 0 Å². The Bertz CT molecular complexity index is 941.